The monoisotopic (exact) mass is 260 g/mol. The number of aromatic nitrogens is 1. The molecule has 18 heavy (non-hydrogen) atoms. The van der Waals surface area contributed by atoms with Gasteiger partial charge in [-0.15, -0.1) is 0 Å². The topological polar surface area (TPSA) is 53.4 Å². The Hall–Kier alpha value is -1.79. The molecule has 2 rings (SSSR count). The molecule has 2 heterocycles. The Morgan fingerprint density at radius 3 is 2.56 bits per heavy atom. The van der Waals surface area contributed by atoms with Crippen molar-refractivity contribution < 1.29 is 23.1 Å². The fraction of sp³-hybridized carbons (Fsp3) is 0.455. The van der Waals surface area contributed by atoms with Gasteiger partial charge in [-0.3, -0.25) is 0 Å². The van der Waals surface area contributed by atoms with Crippen molar-refractivity contribution in [1.29, 1.82) is 0 Å². The van der Waals surface area contributed by atoms with Crippen LogP contribution in [0.3, 0.4) is 0 Å². The van der Waals surface area contributed by atoms with Crippen molar-refractivity contribution >= 4 is 11.8 Å². The second kappa shape index (κ2) is 4.15. The van der Waals surface area contributed by atoms with Crippen LogP contribution in [0.25, 0.3) is 0 Å². The molecule has 0 aromatic carbocycles. The third-order valence-corrected chi connectivity index (χ3v) is 2.94. The van der Waals surface area contributed by atoms with Crippen LogP contribution in [0, 0.1) is 12.8 Å². The molecule has 4 nitrogen and oxygen atoms in total. The molecule has 0 saturated carbocycles. The van der Waals surface area contributed by atoms with Crippen molar-refractivity contribution in [1.82, 2.24) is 4.98 Å². The van der Waals surface area contributed by atoms with Crippen LogP contribution >= 0.6 is 0 Å². The van der Waals surface area contributed by atoms with E-state index in [-0.39, 0.29) is 18.7 Å². The third kappa shape index (κ3) is 2.25. The lowest BCUT2D eigenvalue weighted by Crippen LogP contribution is -2.53. The van der Waals surface area contributed by atoms with Gasteiger partial charge in [0.15, 0.2) is 0 Å². The van der Waals surface area contributed by atoms with E-state index in [1.54, 1.807) is 6.92 Å². The van der Waals surface area contributed by atoms with Gasteiger partial charge in [0.1, 0.15) is 5.82 Å². The molecular formula is C11H11F3N2O2. The van der Waals surface area contributed by atoms with E-state index in [4.69, 9.17) is 5.11 Å². The number of carboxylic acid groups (broad SMARTS) is 1. The molecule has 7 heteroatoms. The maximum Gasteiger partial charge on any atom is 0.395 e. The second-order valence-corrected chi connectivity index (χ2v) is 4.31. The molecule has 1 aliphatic heterocycles. The van der Waals surface area contributed by atoms with Crippen LogP contribution in [-0.2, 0) is 0 Å². The number of aryl methyl sites for hydroxylation is 1. The lowest BCUT2D eigenvalue weighted by molar-refractivity contribution is -0.180. The number of carbonyl (C=O) groups is 1. The summed E-state index contributed by atoms with van der Waals surface area (Å²) in [5, 5.41) is 8.76. The number of carboxylic acids is 1. The van der Waals surface area contributed by atoms with Crippen LogP contribution in [0.4, 0.5) is 19.0 Å². The summed E-state index contributed by atoms with van der Waals surface area (Å²) in [5.41, 5.74) is 0.597. The number of alkyl halides is 3. The predicted octanol–water partition coefficient (Wildman–Crippen LogP) is 2.09. The van der Waals surface area contributed by atoms with Gasteiger partial charge in [-0.1, -0.05) is 0 Å². The average molecular weight is 260 g/mol. The van der Waals surface area contributed by atoms with Gasteiger partial charge < -0.3 is 10.0 Å². The number of aromatic carboxylic acids is 1. The number of hydrogen-bond donors (Lipinski definition) is 1. The van der Waals surface area contributed by atoms with Gasteiger partial charge in [0.25, 0.3) is 0 Å². The number of hydrogen-bond acceptors (Lipinski definition) is 3. The molecule has 0 spiro atoms. The zero-order valence-corrected chi connectivity index (χ0v) is 9.53. The highest BCUT2D eigenvalue weighted by atomic mass is 19.4. The summed E-state index contributed by atoms with van der Waals surface area (Å²) < 4.78 is 37.0. The van der Waals surface area contributed by atoms with Gasteiger partial charge in [0, 0.05) is 19.3 Å². The smallest absolute Gasteiger partial charge is 0.395 e. The Balaban J connectivity index is 2.11. The Morgan fingerprint density at radius 2 is 2.11 bits per heavy atom. The van der Waals surface area contributed by atoms with E-state index in [0.717, 1.165) is 6.20 Å². The van der Waals surface area contributed by atoms with E-state index in [9.17, 15) is 18.0 Å². The molecule has 1 N–H and O–H groups in total. The van der Waals surface area contributed by atoms with Crippen molar-refractivity contribution in [3.8, 4) is 0 Å². The molecular weight excluding hydrogens is 249 g/mol. The van der Waals surface area contributed by atoms with E-state index >= 15 is 0 Å². The minimum Gasteiger partial charge on any atom is -0.478 e. The van der Waals surface area contributed by atoms with Gasteiger partial charge in [-0.25, -0.2) is 9.78 Å². The first kappa shape index (κ1) is 12.7. The summed E-state index contributed by atoms with van der Waals surface area (Å²) in [4.78, 5) is 16.1. The van der Waals surface area contributed by atoms with Crippen LogP contribution in [0.1, 0.15) is 15.9 Å². The maximum atomic E-state index is 12.3. The standard InChI is InChI=1S/C11H11F3N2O2/c1-6-2-7(10(17)18)3-15-9(6)16-4-8(5-16)11(12,13)14/h2-3,8H,4-5H2,1H3,(H,17,18). The number of nitrogens with zero attached hydrogens (tertiary/aromatic N) is 2. The second-order valence-electron chi connectivity index (χ2n) is 4.31. The lowest BCUT2D eigenvalue weighted by Gasteiger charge is -2.41. The first-order chi connectivity index (χ1) is 8.29. The summed E-state index contributed by atoms with van der Waals surface area (Å²) in [5.74, 6) is -2.01. The highest BCUT2D eigenvalue weighted by Crippen LogP contribution is 2.36. The first-order valence-electron chi connectivity index (χ1n) is 5.30. The van der Waals surface area contributed by atoms with Crippen molar-refractivity contribution in [2.75, 3.05) is 18.0 Å². The maximum absolute atomic E-state index is 12.3. The highest BCUT2D eigenvalue weighted by Gasteiger charge is 2.47. The summed E-state index contributed by atoms with van der Waals surface area (Å²) >= 11 is 0. The lowest BCUT2D eigenvalue weighted by atomic mass is 9.99. The van der Waals surface area contributed by atoms with E-state index in [1.165, 1.54) is 11.0 Å². The highest BCUT2D eigenvalue weighted by molar-refractivity contribution is 5.87. The third-order valence-electron chi connectivity index (χ3n) is 2.94. The number of halogens is 3. The Bertz CT molecular complexity index is 482. The molecule has 0 unspecified atom stereocenters. The minimum absolute atomic E-state index is 0.0316. The van der Waals surface area contributed by atoms with Gasteiger partial charge in [0.2, 0.25) is 0 Å². The Labute approximate surface area is 101 Å². The molecule has 1 aliphatic rings. The molecule has 1 aromatic heterocycles. The van der Waals surface area contributed by atoms with E-state index < -0.39 is 18.1 Å². The molecule has 0 atom stereocenters. The van der Waals surface area contributed by atoms with Crippen molar-refractivity contribution in [2.45, 2.75) is 13.1 Å². The molecule has 1 fully saturated rings. The van der Waals surface area contributed by atoms with Gasteiger partial charge in [-0.2, -0.15) is 13.2 Å². The zero-order chi connectivity index (χ0) is 13.5. The average Bonchev–Trinajstić information content (AvgIpc) is 2.15. The Kier molecular flexibility index (Phi) is 2.92. The number of pyridine rings is 1. The van der Waals surface area contributed by atoms with Crippen molar-refractivity contribution in [3.63, 3.8) is 0 Å². The van der Waals surface area contributed by atoms with E-state index in [2.05, 4.69) is 4.98 Å². The molecule has 0 bridgehead atoms. The summed E-state index contributed by atoms with van der Waals surface area (Å²) in [6.07, 6.45) is -3.02. The van der Waals surface area contributed by atoms with Crippen molar-refractivity contribution in [3.05, 3.63) is 23.4 Å². The van der Waals surface area contributed by atoms with Crippen LogP contribution in [-0.4, -0.2) is 35.3 Å². The number of rotatable bonds is 2. The molecule has 1 saturated heterocycles. The molecule has 98 valence electrons. The largest absolute Gasteiger partial charge is 0.478 e. The minimum atomic E-state index is -4.18. The summed E-state index contributed by atoms with van der Waals surface area (Å²) in [6.45, 7) is 1.39. The fourth-order valence-electron chi connectivity index (χ4n) is 1.87. The molecule has 0 amide bonds. The van der Waals surface area contributed by atoms with Gasteiger partial charge in [0.05, 0.1) is 11.5 Å². The normalized spacial score (nSPS) is 16.6. The molecule has 1 aromatic rings. The predicted molar refractivity (Wildman–Crippen MR) is 57.7 cm³/mol. The van der Waals surface area contributed by atoms with E-state index in [0.29, 0.717) is 11.4 Å². The van der Waals surface area contributed by atoms with Crippen LogP contribution in [0.5, 0.6) is 0 Å². The quantitative estimate of drug-likeness (QED) is 0.884. The SMILES string of the molecule is Cc1cc(C(=O)O)cnc1N1CC(C(F)(F)F)C1. The molecule has 0 aliphatic carbocycles. The van der Waals surface area contributed by atoms with Crippen LogP contribution in [0.15, 0.2) is 12.3 Å². The number of anilines is 1. The summed E-state index contributed by atoms with van der Waals surface area (Å²) in [6, 6.07) is 1.41. The van der Waals surface area contributed by atoms with Gasteiger partial charge in [-0.05, 0) is 18.6 Å². The van der Waals surface area contributed by atoms with Crippen molar-refractivity contribution in [2.24, 2.45) is 5.92 Å². The fourth-order valence-corrected chi connectivity index (χ4v) is 1.87. The molecule has 0 radical (unpaired) electrons. The first-order valence-corrected chi connectivity index (χ1v) is 5.30. The zero-order valence-electron chi connectivity index (χ0n) is 9.53. The Morgan fingerprint density at radius 1 is 1.50 bits per heavy atom. The summed E-state index contributed by atoms with van der Waals surface area (Å²) in [7, 11) is 0. The van der Waals surface area contributed by atoms with Gasteiger partial charge >= 0.3 is 12.1 Å². The van der Waals surface area contributed by atoms with Crippen LogP contribution < -0.4 is 4.90 Å². The van der Waals surface area contributed by atoms with Crippen LogP contribution in [0.2, 0.25) is 0 Å². The van der Waals surface area contributed by atoms with E-state index in [1.807, 2.05) is 0 Å².